The molecule has 0 amide bonds. The topological polar surface area (TPSA) is 66.4 Å². The van der Waals surface area contributed by atoms with E-state index in [1.807, 2.05) is 17.5 Å². The van der Waals surface area contributed by atoms with Gasteiger partial charge >= 0.3 is 0 Å². The Kier molecular flexibility index (Phi) is 5.78. The lowest BCUT2D eigenvalue weighted by Gasteiger charge is -2.10. The summed E-state index contributed by atoms with van der Waals surface area (Å²) in [6, 6.07) is 10.4. The number of benzene rings is 1. The van der Waals surface area contributed by atoms with Gasteiger partial charge < -0.3 is 5.11 Å². The summed E-state index contributed by atoms with van der Waals surface area (Å²) in [4.78, 5) is 0.840. The molecule has 0 saturated carbocycles. The van der Waals surface area contributed by atoms with Crippen molar-refractivity contribution >= 4 is 33.0 Å². The fraction of sp³-hybridized carbons (Fsp3) is 0.286. The van der Waals surface area contributed by atoms with E-state index < -0.39 is 16.1 Å². The second kappa shape index (κ2) is 7.38. The van der Waals surface area contributed by atoms with Gasteiger partial charge in [0.05, 0.1) is 11.9 Å². The van der Waals surface area contributed by atoms with Gasteiger partial charge in [-0.05, 0) is 35.6 Å². The Morgan fingerprint density at radius 1 is 1.24 bits per heavy atom. The molecular formula is C14H16ClNO3S2. The van der Waals surface area contributed by atoms with Gasteiger partial charge in [0.25, 0.3) is 0 Å². The van der Waals surface area contributed by atoms with Crippen LogP contribution in [0.25, 0.3) is 0 Å². The zero-order chi connectivity index (χ0) is 15.3. The Morgan fingerprint density at radius 3 is 2.57 bits per heavy atom. The highest BCUT2D eigenvalue weighted by Gasteiger charge is 2.13. The van der Waals surface area contributed by atoms with Crippen molar-refractivity contribution in [1.29, 1.82) is 0 Å². The number of hydrogen-bond donors (Lipinski definition) is 2. The molecule has 2 rings (SSSR count). The number of halogens is 1. The normalized spacial score (nSPS) is 13.2. The Hall–Kier alpha value is -0.920. The van der Waals surface area contributed by atoms with Crippen LogP contribution >= 0.6 is 22.9 Å². The van der Waals surface area contributed by atoms with E-state index >= 15 is 0 Å². The first-order valence-corrected chi connectivity index (χ1v) is 9.30. The first-order chi connectivity index (χ1) is 9.96. The van der Waals surface area contributed by atoms with E-state index in [1.165, 1.54) is 11.3 Å². The number of nitrogens with one attached hydrogen (secondary N) is 1. The van der Waals surface area contributed by atoms with Crippen LogP contribution in [0.4, 0.5) is 0 Å². The second-order valence-corrected chi connectivity index (χ2v) is 7.82. The molecule has 2 aromatic rings. The summed E-state index contributed by atoms with van der Waals surface area (Å²) >= 11 is 7.21. The van der Waals surface area contributed by atoms with E-state index in [0.29, 0.717) is 17.0 Å². The van der Waals surface area contributed by atoms with Crippen molar-refractivity contribution in [3.63, 3.8) is 0 Å². The molecule has 1 aromatic carbocycles. The number of aliphatic hydroxyl groups is 1. The average molecular weight is 346 g/mol. The van der Waals surface area contributed by atoms with E-state index in [-0.39, 0.29) is 12.3 Å². The Labute approximate surface area is 133 Å². The summed E-state index contributed by atoms with van der Waals surface area (Å²) < 4.78 is 26.4. The number of sulfonamides is 1. The van der Waals surface area contributed by atoms with Crippen LogP contribution in [-0.4, -0.2) is 20.1 Å². The fourth-order valence-corrected chi connectivity index (χ4v) is 3.86. The van der Waals surface area contributed by atoms with Gasteiger partial charge in [-0.1, -0.05) is 29.8 Å². The molecule has 1 heterocycles. The van der Waals surface area contributed by atoms with E-state index in [1.54, 1.807) is 24.3 Å². The summed E-state index contributed by atoms with van der Waals surface area (Å²) in [5, 5.41) is 12.3. The van der Waals surface area contributed by atoms with Crippen molar-refractivity contribution in [2.75, 3.05) is 6.54 Å². The summed E-state index contributed by atoms with van der Waals surface area (Å²) in [7, 11) is -3.41. The summed E-state index contributed by atoms with van der Waals surface area (Å²) in [6.45, 7) is 0.203. The highest BCUT2D eigenvalue weighted by atomic mass is 35.5. The minimum absolute atomic E-state index is 0.0980. The Morgan fingerprint density at radius 2 is 1.95 bits per heavy atom. The van der Waals surface area contributed by atoms with Gasteiger partial charge in [-0.15, -0.1) is 11.3 Å². The third-order valence-corrected chi connectivity index (χ3v) is 5.46. The maximum Gasteiger partial charge on any atom is 0.215 e. The first-order valence-electron chi connectivity index (χ1n) is 6.39. The van der Waals surface area contributed by atoms with Gasteiger partial charge in [0, 0.05) is 16.4 Å². The third-order valence-electron chi connectivity index (χ3n) is 2.88. The molecule has 1 unspecified atom stereocenters. The lowest BCUT2D eigenvalue weighted by molar-refractivity contribution is 0.173. The standard InChI is InChI=1S/C14H16ClNO3S2/c15-12-5-3-11(4-6-12)10-21(18,19)16-8-7-13(17)14-2-1-9-20-14/h1-6,9,13,16-17H,7-8,10H2. The van der Waals surface area contributed by atoms with Crippen molar-refractivity contribution in [1.82, 2.24) is 4.72 Å². The summed E-state index contributed by atoms with van der Waals surface area (Å²) in [6.07, 6.45) is -0.288. The van der Waals surface area contributed by atoms with Crippen LogP contribution in [0.1, 0.15) is 23.0 Å². The summed E-state index contributed by atoms with van der Waals surface area (Å²) in [5.41, 5.74) is 0.672. The molecule has 2 N–H and O–H groups in total. The minimum atomic E-state index is -3.41. The zero-order valence-electron chi connectivity index (χ0n) is 11.2. The van der Waals surface area contributed by atoms with Gasteiger partial charge in [-0.2, -0.15) is 0 Å². The molecule has 1 atom stereocenters. The van der Waals surface area contributed by atoms with Gasteiger partial charge in [0.2, 0.25) is 10.0 Å². The van der Waals surface area contributed by atoms with E-state index in [4.69, 9.17) is 11.6 Å². The Bertz CT molecular complexity index is 654. The third kappa shape index (κ3) is 5.41. The van der Waals surface area contributed by atoms with Gasteiger partial charge in [0.15, 0.2) is 0 Å². The first kappa shape index (κ1) is 16.5. The molecule has 0 fully saturated rings. The number of rotatable bonds is 7. The van der Waals surface area contributed by atoms with Crippen molar-refractivity contribution in [2.24, 2.45) is 0 Å². The highest BCUT2D eigenvalue weighted by Crippen LogP contribution is 2.21. The van der Waals surface area contributed by atoms with Gasteiger partial charge in [-0.3, -0.25) is 0 Å². The van der Waals surface area contributed by atoms with Crippen molar-refractivity contribution in [3.8, 4) is 0 Å². The molecule has 7 heteroatoms. The maximum absolute atomic E-state index is 11.9. The highest BCUT2D eigenvalue weighted by molar-refractivity contribution is 7.88. The van der Waals surface area contributed by atoms with Crippen LogP contribution in [0, 0.1) is 0 Å². The molecule has 0 aliphatic rings. The predicted octanol–water partition coefficient (Wildman–Crippen LogP) is 2.94. The van der Waals surface area contributed by atoms with E-state index in [2.05, 4.69) is 4.72 Å². The molecular weight excluding hydrogens is 330 g/mol. The van der Waals surface area contributed by atoms with Crippen molar-refractivity contribution < 1.29 is 13.5 Å². The molecule has 0 saturated heterocycles. The molecule has 0 spiro atoms. The monoisotopic (exact) mass is 345 g/mol. The van der Waals surface area contributed by atoms with Gasteiger partial charge in [0.1, 0.15) is 0 Å². The minimum Gasteiger partial charge on any atom is -0.388 e. The van der Waals surface area contributed by atoms with Gasteiger partial charge in [-0.25, -0.2) is 13.1 Å². The van der Waals surface area contributed by atoms with Crippen LogP contribution in [-0.2, 0) is 15.8 Å². The quantitative estimate of drug-likeness (QED) is 0.810. The molecule has 0 aliphatic heterocycles. The van der Waals surface area contributed by atoms with Crippen molar-refractivity contribution in [2.45, 2.75) is 18.3 Å². The SMILES string of the molecule is O=S(=O)(Cc1ccc(Cl)cc1)NCCC(O)c1cccs1. The molecule has 114 valence electrons. The lowest BCUT2D eigenvalue weighted by Crippen LogP contribution is -2.27. The van der Waals surface area contributed by atoms with E-state index in [9.17, 15) is 13.5 Å². The predicted molar refractivity (Wildman–Crippen MR) is 86.0 cm³/mol. The lowest BCUT2D eigenvalue weighted by atomic mass is 10.2. The maximum atomic E-state index is 11.9. The van der Waals surface area contributed by atoms with Crippen LogP contribution in [0.5, 0.6) is 0 Å². The average Bonchev–Trinajstić information content (AvgIpc) is 2.95. The Balaban J connectivity index is 1.82. The molecule has 0 bridgehead atoms. The molecule has 21 heavy (non-hydrogen) atoms. The second-order valence-electron chi connectivity index (χ2n) is 4.60. The molecule has 4 nitrogen and oxygen atoms in total. The zero-order valence-corrected chi connectivity index (χ0v) is 13.6. The molecule has 1 aromatic heterocycles. The number of aliphatic hydroxyl groups excluding tert-OH is 1. The molecule has 0 radical (unpaired) electrons. The smallest absolute Gasteiger partial charge is 0.215 e. The van der Waals surface area contributed by atoms with Crippen LogP contribution in [0.15, 0.2) is 41.8 Å². The molecule has 0 aliphatic carbocycles. The van der Waals surface area contributed by atoms with Crippen LogP contribution in [0.2, 0.25) is 5.02 Å². The van der Waals surface area contributed by atoms with Crippen molar-refractivity contribution in [3.05, 3.63) is 57.2 Å². The van der Waals surface area contributed by atoms with Crippen LogP contribution < -0.4 is 4.72 Å². The number of hydrogen-bond acceptors (Lipinski definition) is 4. The number of thiophene rings is 1. The largest absolute Gasteiger partial charge is 0.388 e. The van der Waals surface area contributed by atoms with E-state index in [0.717, 1.165) is 4.88 Å². The van der Waals surface area contributed by atoms with Crippen LogP contribution in [0.3, 0.4) is 0 Å². The summed E-state index contributed by atoms with van der Waals surface area (Å²) in [5.74, 6) is -0.0980. The fourth-order valence-electron chi connectivity index (χ4n) is 1.83.